The molecule has 0 spiro atoms. The van der Waals surface area contributed by atoms with Crippen molar-refractivity contribution in [3.05, 3.63) is 29.0 Å². The molecule has 90 valence electrons. The predicted octanol–water partition coefficient (Wildman–Crippen LogP) is 0.851. The molecular weight excluding hydrogens is 239 g/mol. The minimum Gasteiger partial charge on any atom is -0.370 e. The number of quaternary nitrogens is 1. The van der Waals surface area contributed by atoms with Crippen LogP contribution in [0.15, 0.2) is 18.2 Å². The van der Waals surface area contributed by atoms with E-state index in [-0.39, 0.29) is 5.82 Å². The van der Waals surface area contributed by atoms with E-state index in [1.165, 1.54) is 17.0 Å². The Balaban J connectivity index is 1.80. The van der Waals surface area contributed by atoms with Crippen molar-refractivity contribution in [2.45, 2.75) is 6.54 Å². The molecule has 1 aliphatic rings. The van der Waals surface area contributed by atoms with Crippen LogP contribution in [0.5, 0.6) is 0 Å². The molecule has 1 fully saturated rings. The maximum Gasteiger partial charge on any atom is 0.148 e. The Hall–Kier alpha value is -1.04. The van der Waals surface area contributed by atoms with Gasteiger partial charge in [0.1, 0.15) is 30.5 Å². The highest BCUT2D eigenvalue weighted by Gasteiger charge is 2.16. The van der Waals surface area contributed by atoms with Crippen LogP contribution in [0.1, 0.15) is 5.01 Å². The second-order valence-corrected chi connectivity index (χ2v) is 5.37. The lowest BCUT2D eigenvalue weighted by molar-refractivity contribution is -0.921. The summed E-state index contributed by atoms with van der Waals surface area (Å²) in [5, 5.41) is 1.09. The molecule has 1 saturated heterocycles. The molecular formula is C12H14FN2OS+. The van der Waals surface area contributed by atoms with Crippen molar-refractivity contribution in [2.75, 3.05) is 26.3 Å². The Bertz CT molecular complexity index is 522. The molecule has 3 nitrogen and oxygen atoms in total. The van der Waals surface area contributed by atoms with Gasteiger partial charge in [-0.15, -0.1) is 11.3 Å². The zero-order valence-corrected chi connectivity index (χ0v) is 10.2. The van der Waals surface area contributed by atoms with Gasteiger partial charge in [0.15, 0.2) is 0 Å². The van der Waals surface area contributed by atoms with Gasteiger partial charge < -0.3 is 9.64 Å². The van der Waals surface area contributed by atoms with E-state index in [9.17, 15) is 4.39 Å². The van der Waals surface area contributed by atoms with Crippen molar-refractivity contribution >= 4 is 21.6 Å². The van der Waals surface area contributed by atoms with E-state index in [4.69, 9.17) is 4.74 Å². The molecule has 1 aliphatic heterocycles. The first-order valence-corrected chi connectivity index (χ1v) is 6.59. The zero-order valence-electron chi connectivity index (χ0n) is 9.41. The average Bonchev–Trinajstić information content (AvgIpc) is 2.71. The number of nitrogens with zero attached hydrogens (tertiary/aromatic N) is 1. The third kappa shape index (κ3) is 2.46. The molecule has 1 N–H and O–H groups in total. The molecule has 2 heterocycles. The highest BCUT2D eigenvalue weighted by atomic mass is 32.1. The summed E-state index contributed by atoms with van der Waals surface area (Å²) in [6.45, 7) is 4.64. The predicted molar refractivity (Wildman–Crippen MR) is 64.8 cm³/mol. The zero-order chi connectivity index (χ0) is 11.7. The number of rotatable bonds is 2. The van der Waals surface area contributed by atoms with Crippen LogP contribution in [0.2, 0.25) is 0 Å². The van der Waals surface area contributed by atoms with Gasteiger partial charge in [-0.3, -0.25) is 0 Å². The molecule has 0 unspecified atom stereocenters. The number of hydrogen-bond donors (Lipinski definition) is 1. The molecule has 0 aliphatic carbocycles. The summed E-state index contributed by atoms with van der Waals surface area (Å²) < 4.78 is 19.4. The van der Waals surface area contributed by atoms with Crippen LogP contribution in [0, 0.1) is 5.82 Å². The smallest absolute Gasteiger partial charge is 0.148 e. The number of nitrogens with one attached hydrogen (secondary N) is 1. The van der Waals surface area contributed by atoms with E-state index in [0.717, 1.165) is 48.1 Å². The lowest BCUT2D eigenvalue weighted by Gasteiger charge is -2.22. The highest BCUT2D eigenvalue weighted by Crippen LogP contribution is 2.22. The summed E-state index contributed by atoms with van der Waals surface area (Å²) in [6, 6.07) is 4.80. The van der Waals surface area contributed by atoms with E-state index in [0.29, 0.717) is 0 Å². The minimum atomic E-state index is -0.215. The SMILES string of the molecule is Fc1ccc2sc(C[NH+]3CCOCC3)nc2c1. The first-order valence-electron chi connectivity index (χ1n) is 5.77. The molecule has 3 rings (SSSR count). The van der Waals surface area contributed by atoms with Gasteiger partial charge in [0.2, 0.25) is 0 Å². The largest absolute Gasteiger partial charge is 0.370 e. The lowest BCUT2D eigenvalue weighted by Crippen LogP contribution is -3.12. The Labute approximate surface area is 103 Å². The molecule has 0 radical (unpaired) electrons. The number of thiazole rings is 1. The Morgan fingerprint density at radius 1 is 1.35 bits per heavy atom. The van der Waals surface area contributed by atoms with Crippen molar-refractivity contribution in [1.82, 2.24) is 4.98 Å². The molecule has 0 amide bonds. The average molecular weight is 253 g/mol. The van der Waals surface area contributed by atoms with Gasteiger partial charge in [-0.1, -0.05) is 0 Å². The van der Waals surface area contributed by atoms with Gasteiger partial charge in [-0.2, -0.15) is 0 Å². The Morgan fingerprint density at radius 3 is 3.00 bits per heavy atom. The van der Waals surface area contributed by atoms with E-state index < -0.39 is 0 Å². The number of halogens is 1. The molecule has 2 aromatic rings. The number of aromatic nitrogens is 1. The molecule has 0 saturated carbocycles. The van der Waals surface area contributed by atoms with Gasteiger partial charge in [0.25, 0.3) is 0 Å². The quantitative estimate of drug-likeness (QED) is 0.859. The van der Waals surface area contributed by atoms with E-state index in [1.54, 1.807) is 17.4 Å². The monoisotopic (exact) mass is 253 g/mol. The lowest BCUT2D eigenvalue weighted by atomic mass is 10.3. The third-order valence-electron chi connectivity index (χ3n) is 3.00. The molecule has 0 bridgehead atoms. The van der Waals surface area contributed by atoms with Gasteiger partial charge in [0.05, 0.1) is 23.4 Å². The van der Waals surface area contributed by atoms with Crippen LogP contribution >= 0.6 is 11.3 Å². The Morgan fingerprint density at radius 2 is 2.18 bits per heavy atom. The first-order chi connectivity index (χ1) is 8.31. The fourth-order valence-electron chi connectivity index (χ4n) is 2.07. The van der Waals surface area contributed by atoms with Gasteiger partial charge in [0, 0.05) is 6.07 Å². The number of morpholine rings is 1. The number of hydrogen-bond acceptors (Lipinski definition) is 3. The molecule has 1 aromatic heterocycles. The summed E-state index contributed by atoms with van der Waals surface area (Å²) in [7, 11) is 0. The van der Waals surface area contributed by atoms with Crippen LogP contribution in [-0.2, 0) is 11.3 Å². The fraction of sp³-hybridized carbons (Fsp3) is 0.417. The molecule has 1 aromatic carbocycles. The standard InChI is InChI=1S/C12H13FN2OS/c13-9-1-2-11-10(7-9)14-12(17-11)8-15-3-5-16-6-4-15/h1-2,7H,3-6,8H2/p+1. The first kappa shape index (κ1) is 11.1. The summed E-state index contributed by atoms with van der Waals surface area (Å²) >= 11 is 1.66. The van der Waals surface area contributed by atoms with E-state index >= 15 is 0 Å². The van der Waals surface area contributed by atoms with Gasteiger partial charge in [-0.05, 0) is 12.1 Å². The molecule has 17 heavy (non-hydrogen) atoms. The molecule has 0 atom stereocenters. The van der Waals surface area contributed by atoms with Crippen LogP contribution in [0.25, 0.3) is 10.2 Å². The maximum atomic E-state index is 13.0. The normalized spacial score (nSPS) is 17.7. The van der Waals surface area contributed by atoms with Crippen LogP contribution in [-0.4, -0.2) is 31.3 Å². The van der Waals surface area contributed by atoms with Crippen molar-refractivity contribution in [1.29, 1.82) is 0 Å². The number of benzene rings is 1. The number of fused-ring (bicyclic) bond motifs is 1. The highest BCUT2D eigenvalue weighted by molar-refractivity contribution is 7.18. The summed E-state index contributed by atoms with van der Waals surface area (Å²) in [4.78, 5) is 5.98. The van der Waals surface area contributed by atoms with Gasteiger partial charge in [-0.25, -0.2) is 9.37 Å². The second-order valence-electron chi connectivity index (χ2n) is 4.26. The summed E-state index contributed by atoms with van der Waals surface area (Å²) in [5.74, 6) is -0.215. The van der Waals surface area contributed by atoms with Crippen LogP contribution in [0.4, 0.5) is 4.39 Å². The van der Waals surface area contributed by atoms with E-state index in [1.807, 2.05) is 0 Å². The van der Waals surface area contributed by atoms with Crippen molar-refractivity contribution in [3.8, 4) is 0 Å². The van der Waals surface area contributed by atoms with Crippen molar-refractivity contribution in [3.63, 3.8) is 0 Å². The summed E-state index contributed by atoms with van der Waals surface area (Å²) in [6.07, 6.45) is 0. The third-order valence-corrected chi connectivity index (χ3v) is 4.03. The minimum absolute atomic E-state index is 0.215. The van der Waals surface area contributed by atoms with Gasteiger partial charge >= 0.3 is 0 Å². The van der Waals surface area contributed by atoms with Crippen molar-refractivity contribution < 1.29 is 14.0 Å². The number of ether oxygens (including phenoxy) is 1. The maximum absolute atomic E-state index is 13.0. The Kier molecular flexibility index (Phi) is 3.05. The topological polar surface area (TPSA) is 26.6 Å². The molecule has 5 heteroatoms. The fourth-order valence-corrected chi connectivity index (χ4v) is 3.09. The summed E-state index contributed by atoms with van der Waals surface area (Å²) in [5.41, 5.74) is 0.776. The van der Waals surface area contributed by atoms with E-state index in [2.05, 4.69) is 4.98 Å². The second kappa shape index (κ2) is 4.68. The van der Waals surface area contributed by atoms with Crippen LogP contribution in [0.3, 0.4) is 0 Å². The van der Waals surface area contributed by atoms with Crippen LogP contribution < -0.4 is 4.90 Å². The van der Waals surface area contributed by atoms with Crippen molar-refractivity contribution in [2.24, 2.45) is 0 Å².